The van der Waals surface area contributed by atoms with Gasteiger partial charge >= 0.3 is 15.6 Å². The largest absolute Gasteiger partial charge is 0.470 e. The van der Waals surface area contributed by atoms with E-state index in [1.807, 2.05) is 0 Å². The lowest BCUT2D eigenvalue weighted by Gasteiger charge is -2.24. The van der Waals surface area contributed by atoms with Gasteiger partial charge in [0.15, 0.2) is 11.9 Å². The second-order valence-electron chi connectivity index (χ2n) is 3.49. The number of hydrogen-bond acceptors (Lipinski definition) is 8. The number of hydrogen-bond donors (Lipinski definition) is 7. The fourth-order valence-corrected chi connectivity index (χ4v) is 1.83. The van der Waals surface area contributed by atoms with Gasteiger partial charge in [-0.1, -0.05) is 0 Å². The van der Waals surface area contributed by atoms with Gasteiger partial charge in [-0.3, -0.25) is 13.8 Å². The van der Waals surface area contributed by atoms with Crippen molar-refractivity contribution in [3.8, 4) is 0 Å². The first-order valence-corrected chi connectivity index (χ1v) is 7.87. The molecule has 0 amide bonds. The molecule has 120 valence electrons. The van der Waals surface area contributed by atoms with Crippen molar-refractivity contribution in [2.45, 2.75) is 18.3 Å². The van der Waals surface area contributed by atoms with E-state index in [2.05, 4.69) is 9.05 Å². The molecule has 0 saturated carbocycles. The second kappa shape index (κ2) is 7.69. The van der Waals surface area contributed by atoms with E-state index in [0.29, 0.717) is 0 Å². The molecule has 14 heteroatoms. The topological polar surface area (TPSA) is 211 Å². The normalized spacial score (nSPS) is 17.6. The molecule has 0 saturated heterocycles. The Morgan fingerprint density at radius 1 is 1.05 bits per heavy atom. The number of ketones is 1. The van der Waals surface area contributed by atoms with Crippen LogP contribution in [-0.4, -0.2) is 72.2 Å². The van der Waals surface area contributed by atoms with Crippen molar-refractivity contribution in [1.29, 1.82) is 0 Å². The molecule has 0 rings (SSSR count). The number of Topliss-reactive ketones (excluding diaryl/α,β-unsaturated/α-hetero) is 1. The molecule has 0 heterocycles. The van der Waals surface area contributed by atoms with Crippen molar-refractivity contribution in [1.82, 2.24) is 0 Å². The summed E-state index contributed by atoms with van der Waals surface area (Å²) in [6.45, 7) is -2.40. The van der Waals surface area contributed by atoms with E-state index < -0.39 is 53.0 Å². The van der Waals surface area contributed by atoms with Gasteiger partial charge in [-0.15, -0.1) is 0 Å². The molecule has 0 aliphatic rings. The molecular formula is C6H14O12P2. The quantitative estimate of drug-likeness (QED) is 0.207. The minimum Gasteiger partial charge on any atom is -0.394 e. The molecule has 3 unspecified atom stereocenters. The zero-order valence-electron chi connectivity index (χ0n) is 9.71. The number of phosphoric acid groups is 2. The Labute approximate surface area is 112 Å². The van der Waals surface area contributed by atoms with Crippen LogP contribution in [0.4, 0.5) is 0 Å². The average Bonchev–Trinajstić information content (AvgIpc) is 2.29. The Morgan fingerprint density at radius 2 is 1.55 bits per heavy atom. The van der Waals surface area contributed by atoms with Crippen LogP contribution < -0.4 is 0 Å². The van der Waals surface area contributed by atoms with Crippen molar-refractivity contribution in [2.24, 2.45) is 0 Å². The van der Waals surface area contributed by atoms with Crippen LogP contribution in [-0.2, 0) is 23.0 Å². The van der Waals surface area contributed by atoms with Crippen LogP contribution in [0.1, 0.15) is 0 Å². The standard InChI is InChI=1S/C6H14O12P2/c7-1-3(8)5(10)6(18-20(14,15)16)4(9)2-17-19(11,12)13/h3,5-8,10H,1-2H2,(H2,11,12,13)(H2,14,15,16). The van der Waals surface area contributed by atoms with Crippen LogP contribution in [0.5, 0.6) is 0 Å². The molecule has 0 fully saturated rings. The van der Waals surface area contributed by atoms with E-state index in [1.165, 1.54) is 0 Å². The van der Waals surface area contributed by atoms with Gasteiger partial charge in [0, 0.05) is 0 Å². The van der Waals surface area contributed by atoms with E-state index in [0.717, 1.165) is 0 Å². The van der Waals surface area contributed by atoms with Gasteiger partial charge < -0.3 is 34.9 Å². The summed E-state index contributed by atoms with van der Waals surface area (Å²) in [6, 6.07) is 0. The predicted molar refractivity (Wildman–Crippen MR) is 59.0 cm³/mol. The summed E-state index contributed by atoms with van der Waals surface area (Å²) in [6.07, 6.45) is -6.59. The van der Waals surface area contributed by atoms with E-state index in [9.17, 15) is 19.0 Å². The highest BCUT2D eigenvalue weighted by Gasteiger charge is 2.38. The molecule has 20 heavy (non-hydrogen) atoms. The molecule has 0 aromatic carbocycles. The average molecular weight is 340 g/mol. The molecule has 0 bridgehead atoms. The Kier molecular flexibility index (Phi) is 7.60. The van der Waals surface area contributed by atoms with Gasteiger partial charge in [-0.05, 0) is 0 Å². The molecule has 0 spiro atoms. The third kappa shape index (κ3) is 8.15. The molecule has 0 aromatic heterocycles. The molecular weight excluding hydrogens is 326 g/mol. The number of rotatable bonds is 9. The molecule has 0 aliphatic heterocycles. The summed E-state index contributed by atoms with van der Waals surface area (Å²) >= 11 is 0. The summed E-state index contributed by atoms with van der Waals surface area (Å²) in [4.78, 5) is 45.3. The first kappa shape index (κ1) is 19.8. The van der Waals surface area contributed by atoms with Crippen LogP contribution >= 0.6 is 15.6 Å². The Hall–Kier alpha value is -0.230. The van der Waals surface area contributed by atoms with Gasteiger partial charge in [0.2, 0.25) is 0 Å². The van der Waals surface area contributed by atoms with Crippen molar-refractivity contribution < 1.29 is 57.9 Å². The monoisotopic (exact) mass is 340 g/mol. The number of aliphatic hydroxyl groups is 3. The van der Waals surface area contributed by atoms with Crippen molar-refractivity contribution >= 4 is 21.4 Å². The summed E-state index contributed by atoms with van der Waals surface area (Å²) in [5.41, 5.74) is 0. The van der Waals surface area contributed by atoms with Gasteiger partial charge in [-0.2, -0.15) is 0 Å². The zero-order chi connectivity index (χ0) is 16.1. The minimum absolute atomic E-state index is 1.06. The molecule has 0 radical (unpaired) electrons. The van der Waals surface area contributed by atoms with Crippen LogP contribution in [0.3, 0.4) is 0 Å². The maximum atomic E-state index is 11.4. The smallest absolute Gasteiger partial charge is 0.394 e. The molecule has 0 aliphatic carbocycles. The Bertz CT molecular complexity index is 410. The van der Waals surface area contributed by atoms with Crippen LogP contribution in [0, 0.1) is 0 Å². The maximum absolute atomic E-state index is 11.4. The van der Waals surface area contributed by atoms with Gasteiger partial charge in [-0.25, -0.2) is 9.13 Å². The molecule has 3 atom stereocenters. The maximum Gasteiger partial charge on any atom is 0.470 e. The zero-order valence-corrected chi connectivity index (χ0v) is 11.5. The van der Waals surface area contributed by atoms with E-state index in [4.69, 9.17) is 29.8 Å². The predicted octanol–water partition coefficient (Wildman–Crippen LogP) is -3.14. The highest BCUT2D eigenvalue weighted by Crippen LogP contribution is 2.40. The summed E-state index contributed by atoms with van der Waals surface area (Å²) < 4.78 is 28.7. The Balaban J connectivity index is 4.97. The molecule has 12 nitrogen and oxygen atoms in total. The van der Waals surface area contributed by atoms with Crippen molar-refractivity contribution in [3.05, 3.63) is 0 Å². The van der Waals surface area contributed by atoms with Crippen LogP contribution in [0.15, 0.2) is 0 Å². The first-order chi connectivity index (χ1) is 8.87. The summed E-state index contributed by atoms with van der Waals surface area (Å²) in [7, 11) is -10.3. The number of carbonyl (C=O) groups excluding carboxylic acids is 1. The highest BCUT2D eigenvalue weighted by molar-refractivity contribution is 7.46. The number of phosphoric ester groups is 2. The summed E-state index contributed by atoms with van der Waals surface area (Å²) in [5.74, 6) is -1.46. The van der Waals surface area contributed by atoms with Crippen molar-refractivity contribution in [2.75, 3.05) is 13.2 Å². The van der Waals surface area contributed by atoms with Crippen LogP contribution in [0.25, 0.3) is 0 Å². The lowest BCUT2D eigenvalue weighted by molar-refractivity contribution is -0.141. The third-order valence-corrected chi connectivity index (χ3v) is 2.80. The van der Waals surface area contributed by atoms with E-state index in [1.54, 1.807) is 0 Å². The van der Waals surface area contributed by atoms with Crippen molar-refractivity contribution in [3.63, 3.8) is 0 Å². The lowest BCUT2D eigenvalue weighted by Crippen LogP contribution is -2.46. The SMILES string of the molecule is O=C(COP(=O)(O)O)C(OP(=O)(O)O)C(O)C(O)CO. The van der Waals surface area contributed by atoms with Gasteiger partial charge in [0.25, 0.3) is 0 Å². The first-order valence-electron chi connectivity index (χ1n) is 4.81. The highest BCUT2D eigenvalue weighted by atomic mass is 31.2. The minimum atomic E-state index is -5.27. The van der Waals surface area contributed by atoms with Gasteiger partial charge in [0.05, 0.1) is 6.61 Å². The second-order valence-corrected chi connectivity index (χ2v) is 5.92. The number of aliphatic hydroxyl groups excluding tert-OH is 3. The molecule has 0 aromatic rings. The van der Waals surface area contributed by atoms with Crippen LogP contribution in [0.2, 0.25) is 0 Å². The lowest BCUT2D eigenvalue weighted by atomic mass is 10.1. The van der Waals surface area contributed by atoms with E-state index >= 15 is 0 Å². The number of carbonyl (C=O) groups is 1. The fourth-order valence-electron chi connectivity index (χ4n) is 0.999. The third-order valence-electron chi connectivity index (χ3n) is 1.83. The van der Waals surface area contributed by atoms with Gasteiger partial charge in [0.1, 0.15) is 18.8 Å². The fraction of sp³-hybridized carbons (Fsp3) is 0.833. The Morgan fingerprint density at radius 3 is 1.90 bits per heavy atom. The molecule has 7 N–H and O–H groups in total. The van der Waals surface area contributed by atoms with E-state index in [-0.39, 0.29) is 0 Å². The summed E-state index contributed by atoms with van der Waals surface area (Å²) in [5, 5.41) is 27.0.